The highest BCUT2D eigenvalue weighted by atomic mass is 16.5. The number of para-hydroxylation sites is 2. The van der Waals surface area contributed by atoms with Gasteiger partial charge in [-0.15, -0.1) is 0 Å². The van der Waals surface area contributed by atoms with Crippen LogP contribution in [0.2, 0.25) is 0 Å². The second-order valence-corrected chi connectivity index (χ2v) is 4.20. The molecule has 0 fully saturated rings. The van der Waals surface area contributed by atoms with E-state index in [1.807, 2.05) is 0 Å². The Morgan fingerprint density at radius 1 is 1.10 bits per heavy atom. The number of amides is 3. The van der Waals surface area contributed by atoms with Gasteiger partial charge in [-0.25, -0.2) is 0 Å². The first-order valence-corrected chi connectivity index (χ1v) is 6.55. The second kappa shape index (κ2) is 8.57. The highest BCUT2D eigenvalue weighted by Gasteiger charge is 2.08. The minimum Gasteiger partial charge on any atom is -0.482 e. The standard InChI is InChI=1S/C14H19N3O4/c1-3-15-13(19)8-16-14(20)9-21-12-7-5-4-6-11(12)17-10(2)18/h4-7H,3,8-9H2,1-2H3,(H,15,19)(H,16,20)(H,17,18). The molecule has 0 bridgehead atoms. The summed E-state index contributed by atoms with van der Waals surface area (Å²) in [6.07, 6.45) is 0. The number of ether oxygens (including phenoxy) is 1. The number of hydrogen-bond acceptors (Lipinski definition) is 4. The number of carbonyl (C=O) groups excluding carboxylic acids is 3. The SMILES string of the molecule is CCNC(=O)CNC(=O)COc1ccccc1NC(C)=O. The summed E-state index contributed by atoms with van der Waals surface area (Å²) in [6, 6.07) is 6.78. The summed E-state index contributed by atoms with van der Waals surface area (Å²) in [5.41, 5.74) is 0.488. The Kier molecular flexibility index (Phi) is 6.73. The maximum Gasteiger partial charge on any atom is 0.258 e. The van der Waals surface area contributed by atoms with Crippen molar-refractivity contribution >= 4 is 23.4 Å². The zero-order chi connectivity index (χ0) is 15.7. The van der Waals surface area contributed by atoms with Crippen LogP contribution in [0.3, 0.4) is 0 Å². The van der Waals surface area contributed by atoms with Gasteiger partial charge in [0.25, 0.3) is 5.91 Å². The number of anilines is 1. The molecule has 7 nitrogen and oxygen atoms in total. The van der Waals surface area contributed by atoms with Crippen molar-refractivity contribution in [3.63, 3.8) is 0 Å². The van der Waals surface area contributed by atoms with Crippen LogP contribution in [-0.4, -0.2) is 37.4 Å². The Balaban J connectivity index is 2.46. The summed E-state index contributed by atoms with van der Waals surface area (Å²) in [5.74, 6) is -0.518. The zero-order valence-corrected chi connectivity index (χ0v) is 12.1. The molecule has 1 aromatic rings. The summed E-state index contributed by atoms with van der Waals surface area (Å²) >= 11 is 0. The highest BCUT2D eigenvalue weighted by molar-refractivity contribution is 5.90. The normalized spacial score (nSPS) is 9.62. The first-order valence-electron chi connectivity index (χ1n) is 6.55. The summed E-state index contributed by atoms with van der Waals surface area (Å²) in [6.45, 7) is 3.35. The smallest absolute Gasteiger partial charge is 0.258 e. The third-order valence-electron chi connectivity index (χ3n) is 2.38. The number of likely N-dealkylation sites (N-methyl/N-ethyl adjacent to an activating group) is 1. The summed E-state index contributed by atoms with van der Waals surface area (Å²) in [7, 11) is 0. The summed E-state index contributed by atoms with van der Waals surface area (Å²) in [4.78, 5) is 33.8. The van der Waals surface area contributed by atoms with E-state index < -0.39 is 5.91 Å². The molecule has 0 aliphatic heterocycles. The fourth-order valence-electron chi connectivity index (χ4n) is 1.52. The fourth-order valence-corrected chi connectivity index (χ4v) is 1.52. The predicted molar refractivity (Wildman–Crippen MR) is 77.9 cm³/mol. The first kappa shape index (κ1) is 16.5. The second-order valence-electron chi connectivity index (χ2n) is 4.20. The van der Waals surface area contributed by atoms with Crippen LogP contribution in [0.4, 0.5) is 5.69 Å². The molecule has 1 aromatic carbocycles. The van der Waals surface area contributed by atoms with Gasteiger partial charge in [-0.3, -0.25) is 14.4 Å². The third-order valence-corrected chi connectivity index (χ3v) is 2.38. The van der Waals surface area contributed by atoms with E-state index in [2.05, 4.69) is 16.0 Å². The Morgan fingerprint density at radius 2 is 1.81 bits per heavy atom. The molecule has 114 valence electrons. The van der Waals surface area contributed by atoms with Crippen LogP contribution in [0.25, 0.3) is 0 Å². The topological polar surface area (TPSA) is 96.5 Å². The monoisotopic (exact) mass is 293 g/mol. The lowest BCUT2D eigenvalue weighted by atomic mass is 10.3. The minimum atomic E-state index is -0.418. The molecule has 1 rings (SSSR count). The van der Waals surface area contributed by atoms with Crippen molar-refractivity contribution in [2.24, 2.45) is 0 Å². The van der Waals surface area contributed by atoms with E-state index in [0.717, 1.165) is 0 Å². The lowest BCUT2D eigenvalue weighted by Gasteiger charge is -2.11. The van der Waals surface area contributed by atoms with Crippen molar-refractivity contribution in [2.45, 2.75) is 13.8 Å². The maximum atomic E-state index is 11.6. The number of carbonyl (C=O) groups is 3. The molecule has 3 N–H and O–H groups in total. The van der Waals surface area contributed by atoms with Gasteiger partial charge >= 0.3 is 0 Å². The van der Waals surface area contributed by atoms with Gasteiger partial charge in [0.05, 0.1) is 12.2 Å². The van der Waals surface area contributed by atoms with Gasteiger partial charge in [0.1, 0.15) is 5.75 Å². The molecule has 0 aliphatic rings. The van der Waals surface area contributed by atoms with E-state index in [1.54, 1.807) is 31.2 Å². The molecule has 0 spiro atoms. The molecule has 21 heavy (non-hydrogen) atoms. The lowest BCUT2D eigenvalue weighted by molar-refractivity contribution is -0.127. The van der Waals surface area contributed by atoms with E-state index in [0.29, 0.717) is 18.0 Å². The largest absolute Gasteiger partial charge is 0.482 e. The molecule has 0 unspecified atom stereocenters. The highest BCUT2D eigenvalue weighted by Crippen LogP contribution is 2.23. The van der Waals surface area contributed by atoms with Crippen LogP contribution in [0.1, 0.15) is 13.8 Å². The molecule has 0 aromatic heterocycles. The summed E-state index contributed by atoms with van der Waals surface area (Å²) in [5, 5.41) is 7.60. The summed E-state index contributed by atoms with van der Waals surface area (Å²) < 4.78 is 5.33. The van der Waals surface area contributed by atoms with Gasteiger partial charge in [0.15, 0.2) is 6.61 Å². The molecule has 0 saturated heterocycles. The molecule has 7 heteroatoms. The van der Waals surface area contributed by atoms with Gasteiger partial charge < -0.3 is 20.7 Å². The Bertz CT molecular complexity index is 517. The average molecular weight is 293 g/mol. The molecule has 3 amide bonds. The van der Waals surface area contributed by atoms with E-state index in [9.17, 15) is 14.4 Å². The van der Waals surface area contributed by atoms with E-state index in [4.69, 9.17) is 4.74 Å². The van der Waals surface area contributed by atoms with Gasteiger partial charge in [-0.05, 0) is 19.1 Å². The molecule has 0 saturated carbocycles. The Morgan fingerprint density at radius 3 is 2.48 bits per heavy atom. The Labute approximate surface area is 123 Å². The van der Waals surface area contributed by atoms with Gasteiger partial charge in [0.2, 0.25) is 11.8 Å². The van der Waals surface area contributed by atoms with Gasteiger partial charge in [-0.2, -0.15) is 0 Å². The van der Waals surface area contributed by atoms with Crippen molar-refractivity contribution in [2.75, 3.05) is 25.0 Å². The van der Waals surface area contributed by atoms with Crippen molar-refractivity contribution in [3.8, 4) is 5.75 Å². The number of nitrogens with one attached hydrogen (secondary N) is 3. The number of benzene rings is 1. The van der Waals surface area contributed by atoms with Gasteiger partial charge in [0, 0.05) is 13.5 Å². The van der Waals surface area contributed by atoms with E-state index >= 15 is 0 Å². The Hall–Kier alpha value is -2.57. The molecule has 0 radical (unpaired) electrons. The zero-order valence-electron chi connectivity index (χ0n) is 12.1. The van der Waals surface area contributed by atoms with Crippen LogP contribution in [-0.2, 0) is 14.4 Å². The van der Waals surface area contributed by atoms with Crippen LogP contribution < -0.4 is 20.7 Å². The first-order chi connectivity index (χ1) is 10.0. The van der Waals surface area contributed by atoms with Crippen LogP contribution in [0.15, 0.2) is 24.3 Å². The fraction of sp³-hybridized carbons (Fsp3) is 0.357. The van der Waals surface area contributed by atoms with Crippen molar-refractivity contribution in [1.82, 2.24) is 10.6 Å². The molecular weight excluding hydrogens is 274 g/mol. The maximum absolute atomic E-state index is 11.6. The van der Waals surface area contributed by atoms with Crippen LogP contribution >= 0.6 is 0 Å². The lowest BCUT2D eigenvalue weighted by Crippen LogP contribution is -2.38. The number of hydrogen-bond donors (Lipinski definition) is 3. The number of rotatable bonds is 7. The molecular formula is C14H19N3O4. The molecule has 0 heterocycles. The van der Waals surface area contributed by atoms with Crippen LogP contribution in [0.5, 0.6) is 5.75 Å². The predicted octanol–water partition coefficient (Wildman–Crippen LogP) is 0.276. The van der Waals surface area contributed by atoms with E-state index in [-0.39, 0.29) is 25.0 Å². The minimum absolute atomic E-state index is 0.0939. The quantitative estimate of drug-likeness (QED) is 0.672. The molecule has 0 aliphatic carbocycles. The van der Waals surface area contributed by atoms with Crippen LogP contribution in [0, 0.1) is 0 Å². The molecule has 0 atom stereocenters. The van der Waals surface area contributed by atoms with Crippen molar-refractivity contribution < 1.29 is 19.1 Å². The van der Waals surface area contributed by atoms with E-state index in [1.165, 1.54) is 6.92 Å². The van der Waals surface area contributed by atoms with Gasteiger partial charge in [-0.1, -0.05) is 12.1 Å². The van der Waals surface area contributed by atoms with Crippen molar-refractivity contribution in [1.29, 1.82) is 0 Å². The third kappa shape index (κ3) is 6.42. The average Bonchev–Trinajstić information content (AvgIpc) is 2.44. The van der Waals surface area contributed by atoms with Crippen molar-refractivity contribution in [3.05, 3.63) is 24.3 Å².